The van der Waals surface area contributed by atoms with Gasteiger partial charge in [0.05, 0.1) is 0 Å². The molecule has 0 saturated carbocycles. The lowest BCUT2D eigenvalue weighted by atomic mass is 9.97. The van der Waals surface area contributed by atoms with Crippen LogP contribution in [0.15, 0.2) is 0 Å². The molecule has 0 aromatic rings. The first-order valence-electron chi connectivity index (χ1n) is 5.83. The Morgan fingerprint density at radius 1 is 1.50 bits per heavy atom. The standard InChI is InChI=1S/C11H24N2S/c1-10(12)4-7-14-8-5-11-3-2-6-13-9-11/h10-11,13H,2-9,12H2,1H3. The predicted molar refractivity (Wildman–Crippen MR) is 65.8 cm³/mol. The minimum absolute atomic E-state index is 0.374. The Hall–Kier alpha value is 0.270. The average Bonchev–Trinajstić information content (AvgIpc) is 2.18. The third-order valence-corrected chi connectivity index (χ3v) is 3.84. The normalized spacial score (nSPS) is 24.9. The molecule has 0 radical (unpaired) electrons. The van der Waals surface area contributed by atoms with Gasteiger partial charge in [-0.3, -0.25) is 0 Å². The van der Waals surface area contributed by atoms with E-state index in [0.717, 1.165) is 12.3 Å². The summed E-state index contributed by atoms with van der Waals surface area (Å²) in [6.07, 6.45) is 5.35. The van der Waals surface area contributed by atoms with Crippen LogP contribution < -0.4 is 11.1 Å². The molecule has 84 valence electrons. The van der Waals surface area contributed by atoms with E-state index in [1.54, 1.807) is 0 Å². The predicted octanol–water partition coefficient (Wildman–Crippen LogP) is 1.85. The minimum atomic E-state index is 0.374. The lowest BCUT2D eigenvalue weighted by Crippen LogP contribution is -2.30. The maximum Gasteiger partial charge on any atom is 0.00183 e. The number of nitrogens with two attached hydrogens (primary N) is 1. The van der Waals surface area contributed by atoms with E-state index in [0.29, 0.717) is 6.04 Å². The number of hydrogen-bond acceptors (Lipinski definition) is 3. The van der Waals surface area contributed by atoms with E-state index >= 15 is 0 Å². The van der Waals surface area contributed by atoms with E-state index in [9.17, 15) is 0 Å². The summed E-state index contributed by atoms with van der Waals surface area (Å²) < 4.78 is 0. The zero-order valence-corrected chi connectivity index (χ0v) is 10.1. The fourth-order valence-electron chi connectivity index (χ4n) is 1.79. The fourth-order valence-corrected chi connectivity index (χ4v) is 3.03. The largest absolute Gasteiger partial charge is 0.328 e. The van der Waals surface area contributed by atoms with Crippen molar-refractivity contribution >= 4 is 11.8 Å². The molecule has 0 spiro atoms. The molecule has 0 bridgehead atoms. The van der Waals surface area contributed by atoms with Gasteiger partial charge in [-0.25, -0.2) is 0 Å². The Kier molecular flexibility index (Phi) is 6.65. The molecule has 1 fully saturated rings. The van der Waals surface area contributed by atoms with Crippen molar-refractivity contribution in [3.63, 3.8) is 0 Å². The first-order chi connectivity index (χ1) is 6.79. The zero-order chi connectivity index (χ0) is 10.2. The topological polar surface area (TPSA) is 38.0 Å². The van der Waals surface area contributed by atoms with Gasteiger partial charge in [0.1, 0.15) is 0 Å². The number of piperidine rings is 1. The van der Waals surface area contributed by atoms with E-state index in [2.05, 4.69) is 24.0 Å². The molecule has 1 saturated heterocycles. The summed E-state index contributed by atoms with van der Waals surface area (Å²) in [5.74, 6) is 3.49. The van der Waals surface area contributed by atoms with Crippen molar-refractivity contribution < 1.29 is 0 Å². The molecular formula is C11H24N2S. The molecule has 0 aliphatic carbocycles. The van der Waals surface area contributed by atoms with E-state index in [1.165, 1.54) is 43.9 Å². The summed E-state index contributed by atoms with van der Waals surface area (Å²) >= 11 is 2.07. The fraction of sp³-hybridized carbons (Fsp3) is 1.00. The molecule has 1 aliphatic heterocycles. The molecule has 2 nitrogen and oxygen atoms in total. The van der Waals surface area contributed by atoms with E-state index < -0.39 is 0 Å². The van der Waals surface area contributed by atoms with Gasteiger partial charge < -0.3 is 11.1 Å². The summed E-state index contributed by atoms with van der Waals surface area (Å²) in [5, 5.41) is 3.46. The van der Waals surface area contributed by atoms with Gasteiger partial charge in [-0.05, 0) is 63.1 Å². The Bertz CT molecular complexity index is 133. The van der Waals surface area contributed by atoms with Gasteiger partial charge in [-0.15, -0.1) is 0 Å². The van der Waals surface area contributed by atoms with E-state index in [1.807, 2.05) is 0 Å². The third kappa shape index (κ3) is 5.89. The molecule has 0 aromatic carbocycles. The molecule has 2 unspecified atom stereocenters. The number of nitrogens with one attached hydrogen (secondary N) is 1. The maximum atomic E-state index is 5.69. The zero-order valence-electron chi connectivity index (χ0n) is 9.30. The highest BCUT2D eigenvalue weighted by Crippen LogP contribution is 2.17. The Morgan fingerprint density at radius 2 is 2.36 bits per heavy atom. The third-order valence-electron chi connectivity index (χ3n) is 2.79. The van der Waals surface area contributed by atoms with Gasteiger partial charge in [0.15, 0.2) is 0 Å². The Morgan fingerprint density at radius 3 is 3.00 bits per heavy atom. The highest BCUT2D eigenvalue weighted by atomic mass is 32.2. The van der Waals surface area contributed by atoms with Gasteiger partial charge in [0.2, 0.25) is 0 Å². The van der Waals surface area contributed by atoms with Crippen LogP contribution >= 0.6 is 11.8 Å². The number of thioether (sulfide) groups is 1. The van der Waals surface area contributed by atoms with Crippen molar-refractivity contribution in [2.45, 2.75) is 38.6 Å². The van der Waals surface area contributed by atoms with Gasteiger partial charge in [-0.1, -0.05) is 0 Å². The maximum absolute atomic E-state index is 5.69. The van der Waals surface area contributed by atoms with Crippen molar-refractivity contribution in [3.8, 4) is 0 Å². The van der Waals surface area contributed by atoms with Crippen molar-refractivity contribution in [1.29, 1.82) is 0 Å². The van der Waals surface area contributed by atoms with Crippen molar-refractivity contribution in [3.05, 3.63) is 0 Å². The molecule has 3 N–H and O–H groups in total. The second-order valence-electron chi connectivity index (χ2n) is 4.38. The second-order valence-corrected chi connectivity index (χ2v) is 5.60. The highest BCUT2D eigenvalue weighted by molar-refractivity contribution is 7.99. The van der Waals surface area contributed by atoms with Gasteiger partial charge in [0.25, 0.3) is 0 Å². The van der Waals surface area contributed by atoms with E-state index in [-0.39, 0.29) is 0 Å². The van der Waals surface area contributed by atoms with Gasteiger partial charge >= 0.3 is 0 Å². The molecule has 1 rings (SSSR count). The first kappa shape index (κ1) is 12.3. The van der Waals surface area contributed by atoms with Crippen LogP contribution in [-0.2, 0) is 0 Å². The van der Waals surface area contributed by atoms with Gasteiger partial charge in [0, 0.05) is 6.04 Å². The molecule has 1 heterocycles. The van der Waals surface area contributed by atoms with Crippen LogP contribution in [0.4, 0.5) is 0 Å². The van der Waals surface area contributed by atoms with Gasteiger partial charge in [-0.2, -0.15) is 11.8 Å². The van der Waals surface area contributed by atoms with Crippen LogP contribution in [0.5, 0.6) is 0 Å². The molecule has 0 aromatic heterocycles. The molecule has 1 aliphatic rings. The van der Waals surface area contributed by atoms with Crippen LogP contribution in [0.2, 0.25) is 0 Å². The SMILES string of the molecule is CC(N)CCSCCC1CCCNC1. The Balaban J connectivity index is 1.87. The quantitative estimate of drug-likeness (QED) is 0.666. The Labute approximate surface area is 92.4 Å². The first-order valence-corrected chi connectivity index (χ1v) is 6.98. The molecule has 14 heavy (non-hydrogen) atoms. The van der Waals surface area contributed by atoms with E-state index in [4.69, 9.17) is 5.73 Å². The number of hydrogen-bond donors (Lipinski definition) is 2. The lowest BCUT2D eigenvalue weighted by molar-refractivity contribution is 0.371. The smallest absolute Gasteiger partial charge is 0.00183 e. The monoisotopic (exact) mass is 216 g/mol. The lowest BCUT2D eigenvalue weighted by Gasteiger charge is -2.22. The summed E-state index contributed by atoms with van der Waals surface area (Å²) in [7, 11) is 0. The molecule has 3 heteroatoms. The van der Waals surface area contributed by atoms with Crippen molar-refractivity contribution in [2.24, 2.45) is 11.7 Å². The van der Waals surface area contributed by atoms with Crippen molar-refractivity contribution in [1.82, 2.24) is 5.32 Å². The molecular weight excluding hydrogens is 192 g/mol. The number of rotatable bonds is 6. The minimum Gasteiger partial charge on any atom is -0.328 e. The summed E-state index contributed by atoms with van der Waals surface area (Å²) in [6, 6.07) is 0.374. The molecule has 0 amide bonds. The summed E-state index contributed by atoms with van der Waals surface area (Å²) in [4.78, 5) is 0. The highest BCUT2D eigenvalue weighted by Gasteiger charge is 2.11. The van der Waals surface area contributed by atoms with Crippen molar-refractivity contribution in [2.75, 3.05) is 24.6 Å². The van der Waals surface area contributed by atoms with Crippen LogP contribution in [0.3, 0.4) is 0 Å². The second kappa shape index (κ2) is 7.55. The van der Waals surface area contributed by atoms with Crippen LogP contribution in [0, 0.1) is 5.92 Å². The summed E-state index contributed by atoms with van der Waals surface area (Å²) in [5.41, 5.74) is 5.69. The average molecular weight is 216 g/mol. The summed E-state index contributed by atoms with van der Waals surface area (Å²) in [6.45, 7) is 4.56. The molecule has 2 atom stereocenters. The van der Waals surface area contributed by atoms with Crippen LogP contribution in [-0.4, -0.2) is 30.6 Å². The van der Waals surface area contributed by atoms with Crippen LogP contribution in [0.25, 0.3) is 0 Å². The van der Waals surface area contributed by atoms with Crippen LogP contribution in [0.1, 0.15) is 32.6 Å².